The minimum absolute atomic E-state index is 0.00941. The van der Waals surface area contributed by atoms with Crippen LogP contribution < -0.4 is 5.32 Å². The average Bonchev–Trinajstić information content (AvgIpc) is 3.02. The van der Waals surface area contributed by atoms with Crippen molar-refractivity contribution in [1.29, 1.82) is 0 Å². The molecule has 1 aromatic heterocycles. The number of thiazole rings is 1. The summed E-state index contributed by atoms with van der Waals surface area (Å²) >= 11 is 13.4. The first kappa shape index (κ1) is 17.3. The Hall–Kier alpha value is -2.48. The minimum atomic E-state index is -0.483. The molecule has 1 heterocycles. The molecule has 0 saturated carbocycles. The number of nitrogens with zero attached hydrogens (tertiary/aromatic N) is 2. The zero-order valence-corrected chi connectivity index (χ0v) is 14.7. The lowest BCUT2D eigenvalue weighted by atomic mass is 10.2. The Morgan fingerprint density at radius 2 is 1.84 bits per heavy atom. The second kappa shape index (κ2) is 7.18. The number of nitro groups is 1. The highest BCUT2D eigenvalue weighted by atomic mass is 35.5. The molecule has 3 aromatic rings. The Kier molecular flexibility index (Phi) is 4.98. The van der Waals surface area contributed by atoms with Gasteiger partial charge in [-0.25, -0.2) is 4.98 Å². The first-order chi connectivity index (χ1) is 11.9. The number of anilines is 1. The van der Waals surface area contributed by atoms with Gasteiger partial charge in [-0.05, 0) is 35.9 Å². The normalized spacial score (nSPS) is 11.1. The van der Waals surface area contributed by atoms with Crippen LogP contribution in [0.25, 0.3) is 16.3 Å². The van der Waals surface area contributed by atoms with E-state index in [0.29, 0.717) is 31.0 Å². The Balaban J connectivity index is 1.73. The van der Waals surface area contributed by atoms with Gasteiger partial charge in [-0.15, -0.1) is 0 Å². The molecule has 0 aliphatic rings. The molecule has 6 nitrogen and oxygen atoms in total. The molecule has 0 fully saturated rings. The van der Waals surface area contributed by atoms with E-state index in [0.717, 1.165) is 0 Å². The quantitative estimate of drug-likeness (QED) is 0.376. The molecule has 0 atom stereocenters. The predicted octanol–water partition coefficient (Wildman–Crippen LogP) is 5.16. The fraction of sp³-hybridized carbons (Fsp3) is 0. The van der Waals surface area contributed by atoms with Gasteiger partial charge in [0, 0.05) is 18.2 Å². The number of aromatic nitrogens is 1. The maximum Gasteiger partial charge on any atom is 0.269 e. The molecule has 1 amide bonds. The van der Waals surface area contributed by atoms with Gasteiger partial charge in [0.15, 0.2) is 5.13 Å². The molecule has 25 heavy (non-hydrogen) atoms. The molecule has 0 aliphatic heterocycles. The Morgan fingerprint density at radius 1 is 1.16 bits per heavy atom. The van der Waals surface area contributed by atoms with E-state index in [4.69, 9.17) is 23.2 Å². The minimum Gasteiger partial charge on any atom is -0.298 e. The van der Waals surface area contributed by atoms with Crippen LogP contribution in [0.2, 0.25) is 10.0 Å². The fourth-order valence-corrected chi connectivity index (χ4v) is 3.45. The highest BCUT2D eigenvalue weighted by Crippen LogP contribution is 2.35. The molecule has 1 N–H and O–H groups in total. The van der Waals surface area contributed by atoms with Crippen LogP contribution in [0.15, 0.2) is 42.5 Å². The second-order valence-electron chi connectivity index (χ2n) is 4.90. The average molecular weight is 394 g/mol. The van der Waals surface area contributed by atoms with E-state index >= 15 is 0 Å². The van der Waals surface area contributed by atoms with E-state index in [2.05, 4.69) is 10.3 Å². The third kappa shape index (κ3) is 3.96. The number of amides is 1. The summed E-state index contributed by atoms with van der Waals surface area (Å²) in [6.07, 6.45) is 2.86. The lowest BCUT2D eigenvalue weighted by molar-refractivity contribution is -0.384. The number of carbonyl (C=O) groups excluding carboxylic acids is 1. The molecule has 0 unspecified atom stereocenters. The monoisotopic (exact) mass is 393 g/mol. The molecule has 0 saturated heterocycles. The van der Waals surface area contributed by atoms with E-state index in [9.17, 15) is 14.9 Å². The van der Waals surface area contributed by atoms with Crippen molar-refractivity contribution in [3.8, 4) is 0 Å². The number of carbonyl (C=O) groups is 1. The summed E-state index contributed by atoms with van der Waals surface area (Å²) in [6.45, 7) is 0. The SMILES string of the molecule is O=C(/C=C\c1ccc([N+](=O)[O-])cc1)Nc1nc2c(Cl)ccc(Cl)c2s1. The van der Waals surface area contributed by atoms with Crippen molar-refractivity contribution in [1.82, 2.24) is 4.98 Å². The van der Waals surface area contributed by atoms with Crippen molar-refractivity contribution >= 4 is 67.6 Å². The molecule has 3 rings (SSSR count). The number of non-ortho nitro benzene ring substituents is 1. The number of hydrogen-bond donors (Lipinski definition) is 1. The van der Waals surface area contributed by atoms with Crippen molar-refractivity contribution in [2.75, 3.05) is 5.32 Å². The third-order valence-electron chi connectivity index (χ3n) is 3.21. The number of hydrogen-bond acceptors (Lipinski definition) is 5. The van der Waals surface area contributed by atoms with Gasteiger partial charge in [0.05, 0.1) is 19.7 Å². The molecule has 0 radical (unpaired) electrons. The summed E-state index contributed by atoms with van der Waals surface area (Å²) in [5.74, 6) is -0.385. The molecule has 9 heteroatoms. The summed E-state index contributed by atoms with van der Waals surface area (Å²) in [5.41, 5.74) is 1.19. The van der Waals surface area contributed by atoms with Crippen molar-refractivity contribution in [2.45, 2.75) is 0 Å². The predicted molar refractivity (Wildman–Crippen MR) is 100 cm³/mol. The summed E-state index contributed by atoms with van der Waals surface area (Å²) in [5, 5.41) is 14.6. The number of fused-ring (bicyclic) bond motifs is 1. The van der Waals surface area contributed by atoms with Gasteiger partial charge in [0.1, 0.15) is 5.52 Å². The maximum atomic E-state index is 12.0. The largest absolute Gasteiger partial charge is 0.298 e. The van der Waals surface area contributed by atoms with Crippen LogP contribution in [0.5, 0.6) is 0 Å². The van der Waals surface area contributed by atoms with E-state index in [1.54, 1.807) is 30.3 Å². The molecule has 0 spiro atoms. The van der Waals surface area contributed by atoms with Crippen molar-refractivity contribution in [3.05, 3.63) is 68.2 Å². The zero-order valence-electron chi connectivity index (χ0n) is 12.4. The first-order valence-corrected chi connectivity index (χ1v) is 8.49. The van der Waals surface area contributed by atoms with Crippen LogP contribution in [-0.4, -0.2) is 15.8 Å². The molecule has 2 aromatic carbocycles. The van der Waals surface area contributed by atoms with Crippen LogP contribution in [0.3, 0.4) is 0 Å². The van der Waals surface area contributed by atoms with Gasteiger partial charge in [-0.2, -0.15) is 0 Å². The van der Waals surface area contributed by atoms with Crippen molar-refractivity contribution < 1.29 is 9.72 Å². The Labute approximate surface area is 155 Å². The Bertz CT molecular complexity index is 961. The summed E-state index contributed by atoms with van der Waals surface area (Å²) in [4.78, 5) is 26.4. The number of nitrogens with one attached hydrogen (secondary N) is 1. The van der Waals surface area contributed by atoms with Crippen LogP contribution in [-0.2, 0) is 4.79 Å². The molecular formula is C16H9Cl2N3O3S. The molecule has 0 bridgehead atoms. The number of benzene rings is 2. The fourth-order valence-electron chi connectivity index (χ4n) is 2.02. The number of halogens is 2. The highest BCUT2D eigenvalue weighted by Gasteiger charge is 2.11. The number of rotatable bonds is 4. The van der Waals surface area contributed by atoms with Gasteiger partial charge in [0.25, 0.3) is 5.69 Å². The van der Waals surface area contributed by atoms with Gasteiger partial charge in [-0.1, -0.05) is 34.5 Å². The summed E-state index contributed by atoms with van der Waals surface area (Å²) in [6, 6.07) is 9.17. The lowest BCUT2D eigenvalue weighted by Gasteiger charge is -1.96. The van der Waals surface area contributed by atoms with Crippen molar-refractivity contribution in [2.24, 2.45) is 0 Å². The standard InChI is InChI=1S/C16H9Cl2N3O3S/c17-11-6-7-12(18)15-14(11)20-16(25-15)19-13(22)8-3-9-1-4-10(5-2-9)21(23)24/h1-8H,(H,19,20,22)/b8-3-. The Morgan fingerprint density at radius 3 is 2.48 bits per heavy atom. The summed E-state index contributed by atoms with van der Waals surface area (Å²) in [7, 11) is 0. The van der Waals surface area contributed by atoms with Crippen molar-refractivity contribution in [3.63, 3.8) is 0 Å². The zero-order chi connectivity index (χ0) is 18.0. The van der Waals surface area contributed by atoms with Crippen LogP contribution in [0, 0.1) is 10.1 Å². The topological polar surface area (TPSA) is 85.1 Å². The van der Waals surface area contributed by atoms with Gasteiger partial charge >= 0.3 is 0 Å². The second-order valence-corrected chi connectivity index (χ2v) is 6.71. The maximum absolute atomic E-state index is 12.0. The highest BCUT2D eigenvalue weighted by molar-refractivity contribution is 7.23. The lowest BCUT2D eigenvalue weighted by Crippen LogP contribution is -2.07. The van der Waals surface area contributed by atoms with Gasteiger partial charge < -0.3 is 0 Å². The molecule has 0 aliphatic carbocycles. The number of nitro benzene ring substituents is 1. The molecular weight excluding hydrogens is 385 g/mol. The van der Waals surface area contributed by atoms with Crippen LogP contribution in [0.4, 0.5) is 10.8 Å². The molecule has 126 valence electrons. The summed E-state index contributed by atoms with van der Waals surface area (Å²) < 4.78 is 0.698. The van der Waals surface area contributed by atoms with Crippen LogP contribution >= 0.6 is 34.5 Å². The van der Waals surface area contributed by atoms with E-state index in [1.807, 2.05) is 0 Å². The van der Waals surface area contributed by atoms with E-state index in [1.165, 1.54) is 29.5 Å². The van der Waals surface area contributed by atoms with E-state index in [-0.39, 0.29) is 11.6 Å². The van der Waals surface area contributed by atoms with Gasteiger partial charge in [0.2, 0.25) is 5.91 Å². The van der Waals surface area contributed by atoms with Crippen LogP contribution in [0.1, 0.15) is 5.56 Å². The van der Waals surface area contributed by atoms with E-state index < -0.39 is 4.92 Å². The third-order valence-corrected chi connectivity index (χ3v) is 4.94. The van der Waals surface area contributed by atoms with Gasteiger partial charge in [-0.3, -0.25) is 20.2 Å². The smallest absolute Gasteiger partial charge is 0.269 e. The first-order valence-electron chi connectivity index (χ1n) is 6.92.